The van der Waals surface area contributed by atoms with Gasteiger partial charge in [0.15, 0.2) is 0 Å². The monoisotopic (exact) mass is 473 g/mol. The second kappa shape index (κ2) is 10.5. The fraction of sp³-hybridized carbons (Fsp3) is 0.440. The van der Waals surface area contributed by atoms with Gasteiger partial charge in [0.2, 0.25) is 5.91 Å². The largest absolute Gasteiger partial charge is 0.375 e. The van der Waals surface area contributed by atoms with Crippen molar-refractivity contribution in [2.24, 2.45) is 11.8 Å². The van der Waals surface area contributed by atoms with Gasteiger partial charge in [-0.05, 0) is 42.7 Å². The number of fused-ring (bicyclic) bond motifs is 1. The van der Waals surface area contributed by atoms with Crippen molar-refractivity contribution in [2.45, 2.75) is 12.8 Å². The first-order valence-corrected chi connectivity index (χ1v) is 11.7. The summed E-state index contributed by atoms with van der Waals surface area (Å²) in [6, 6.07) is 12.8. The first kappa shape index (κ1) is 23.5. The summed E-state index contributed by atoms with van der Waals surface area (Å²) in [7, 11) is 1.51. The lowest BCUT2D eigenvalue weighted by Gasteiger charge is -2.24. The van der Waals surface area contributed by atoms with Crippen LogP contribution >= 0.6 is 11.6 Å². The van der Waals surface area contributed by atoms with Crippen molar-refractivity contribution < 1.29 is 18.7 Å². The van der Waals surface area contributed by atoms with Crippen molar-refractivity contribution in [2.75, 3.05) is 51.3 Å². The second-order valence-electron chi connectivity index (χ2n) is 8.79. The molecule has 2 heterocycles. The number of nitrogens with one attached hydrogen (secondary N) is 1. The number of hydrogen-bond donors (Lipinski definition) is 1. The predicted molar refractivity (Wildman–Crippen MR) is 126 cm³/mol. The highest BCUT2D eigenvalue weighted by Gasteiger charge is 2.42. The van der Waals surface area contributed by atoms with Gasteiger partial charge in [-0.1, -0.05) is 29.8 Å². The summed E-state index contributed by atoms with van der Waals surface area (Å²) in [5, 5.41) is 3.00. The standard InChI is InChI=1S/C25H29ClFN3O3/c1-33-16-23(31)28-10-4-6-17-5-2-7-20(11-17)29-12-18-14-30(15-19(18)13-29)25(32)24-21(26)8-3-9-22(24)27/h2-3,5,7-9,11,18-19H,4,6,10,12-16H2,1H3,(H,28,31). The lowest BCUT2D eigenvalue weighted by molar-refractivity contribution is -0.124. The number of carbonyl (C=O) groups excluding carboxylic acids is 2. The summed E-state index contributed by atoms with van der Waals surface area (Å²) in [4.78, 5) is 28.5. The number of nitrogens with zero attached hydrogens (tertiary/aromatic N) is 2. The zero-order valence-electron chi connectivity index (χ0n) is 18.7. The summed E-state index contributed by atoms with van der Waals surface area (Å²) in [6.07, 6.45) is 1.74. The minimum absolute atomic E-state index is 0.0258. The summed E-state index contributed by atoms with van der Waals surface area (Å²) in [6.45, 7) is 3.68. The van der Waals surface area contributed by atoms with Gasteiger partial charge >= 0.3 is 0 Å². The number of halogens is 2. The van der Waals surface area contributed by atoms with Crippen LogP contribution in [0.3, 0.4) is 0 Å². The van der Waals surface area contributed by atoms with E-state index in [9.17, 15) is 14.0 Å². The highest BCUT2D eigenvalue weighted by atomic mass is 35.5. The Morgan fingerprint density at radius 3 is 2.55 bits per heavy atom. The van der Waals surface area contributed by atoms with E-state index in [1.165, 1.54) is 30.5 Å². The van der Waals surface area contributed by atoms with Crippen molar-refractivity contribution in [3.05, 3.63) is 64.4 Å². The molecular formula is C25H29ClFN3O3. The van der Waals surface area contributed by atoms with Gasteiger partial charge in [0.1, 0.15) is 12.4 Å². The zero-order chi connectivity index (χ0) is 23.4. The van der Waals surface area contributed by atoms with Gasteiger partial charge in [0.25, 0.3) is 5.91 Å². The fourth-order valence-corrected chi connectivity index (χ4v) is 5.08. The first-order chi connectivity index (χ1) is 16.0. The van der Waals surface area contributed by atoms with E-state index in [1.807, 2.05) is 0 Å². The molecule has 2 atom stereocenters. The molecule has 0 bridgehead atoms. The van der Waals surface area contributed by atoms with Crippen LogP contribution in [0.25, 0.3) is 0 Å². The summed E-state index contributed by atoms with van der Waals surface area (Å²) in [5.41, 5.74) is 2.39. The van der Waals surface area contributed by atoms with E-state index in [2.05, 4.69) is 34.5 Å². The second-order valence-corrected chi connectivity index (χ2v) is 9.20. The molecule has 6 nitrogen and oxygen atoms in total. The van der Waals surface area contributed by atoms with Gasteiger partial charge in [-0.2, -0.15) is 0 Å². The van der Waals surface area contributed by atoms with Crippen LogP contribution < -0.4 is 10.2 Å². The Morgan fingerprint density at radius 2 is 1.85 bits per heavy atom. The van der Waals surface area contributed by atoms with Gasteiger partial charge in [0, 0.05) is 57.4 Å². The molecule has 33 heavy (non-hydrogen) atoms. The number of anilines is 1. The Labute approximate surface area is 198 Å². The Bertz CT molecular complexity index is 984. The quantitative estimate of drug-likeness (QED) is 0.597. The van der Waals surface area contributed by atoms with E-state index in [4.69, 9.17) is 16.3 Å². The van der Waals surface area contributed by atoms with Crippen LogP contribution in [-0.2, 0) is 16.0 Å². The van der Waals surface area contributed by atoms with Crippen LogP contribution in [0, 0.1) is 17.7 Å². The van der Waals surface area contributed by atoms with E-state index in [-0.39, 0.29) is 29.0 Å². The topological polar surface area (TPSA) is 61.9 Å². The molecule has 2 aromatic carbocycles. The third-order valence-electron chi connectivity index (χ3n) is 6.47. The Kier molecular flexibility index (Phi) is 7.50. The Morgan fingerprint density at radius 1 is 1.12 bits per heavy atom. The van der Waals surface area contributed by atoms with Gasteiger partial charge in [-0.15, -0.1) is 0 Å². The van der Waals surface area contributed by atoms with Crippen LogP contribution in [0.2, 0.25) is 5.02 Å². The van der Waals surface area contributed by atoms with Crippen LogP contribution in [0.15, 0.2) is 42.5 Å². The molecule has 0 spiro atoms. The average molecular weight is 474 g/mol. The summed E-state index contributed by atoms with van der Waals surface area (Å²) >= 11 is 6.09. The number of amides is 2. The van der Waals surface area contributed by atoms with Gasteiger partial charge < -0.3 is 19.9 Å². The van der Waals surface area contributed by atoms with Gasteiger partial charge in [0.05, 0.1) is 10.6 Å². The maximum Gasteiger partial charge on any atom is 0.258 e. The third kappa shape index (κ3) is 5.47. The van der Waals surface area contributed by atoms with Gasteiger partial charge in [-0.3, -0.25) is 9.59 Å². The third-order valence-corrected chi connectivity index (χ3v) is 6.78. The summed E-state index contributed by atoms with van der Waals surface area (Å²) in [5.74, 6) is -0.266. The van der Waals surface area contributed by atoms with Crippen molar-refractivity contribution in [1.82, 2.24) is 10.2 Å². The van der Waals surface area contributed by atoms with E-state index in [0.29, 0.717) is 31.5 Å². The molecule has 2 amide bonds. The normalized spacial score (nSPS) is 19.6. The molecule has 0 saturated carbocycles. The molecule has 2 saturated heterocycles. The summed E-state index contributed by atoms with van der Waals surface area (Å²) < 4.78 is 19.0. The van der Waals surface area contributed by atoms with Crippen LogP contribution in [0.5, 0.6) is 0 Å². The lowest BCUT2D eigenvalue weighted by atomic mass is 10.0. The number of rotatable bonds is 8. The molecule has 0 aromatic heterocycles. The first-order valence-electron chi connectivity index (χ1n) is 11.3. The van der Waals surface area contributed by atoms with Crippen molar-refractivity contribution in [1.29, 1.82) is 0 Å². The molecule has 2 fully saturated rings. The minimum atomic E-state index is -0.568. The Balaban J connectivity index is 1.30. The highest BCUT2D eigenvalue weighted by Crippen LogP contribution is 2.35. The molecule has 2 aromatic rings. The number of carbonyl (C=O) groups is 2. The molecule has 176 valence electrons. The van der Waals surface area contributed by atoms with E-state index >= 15 is 0 Å². The number of benzene rings is 2. The maximum absolute atomic E-state index is 14.2. The number of hydrogen-bond acceptors (Lipinski definition) is 4. The minimum Gasteiger partial charge on any atom is -0.375 e. The predicted octanol–water partition coefficient (Wildman–Crippen LogP) is 3.38. The lowest BCUT2D eigenvalue weighted by Crippen LogP contribution is -2.34. The fourth-order valence-electron chi connectivity index (χ4n) is 4.84. The number of aryl methyl sites for hydroxylation is 1. The maximum atomic E-state index is 14.2. The molecular weight excluding hydrogens is 445 g/mol. The van der Waals surface area contributed by atoms with Gasteiger partial charge in [-0.25, -0.2) is 4.39 Å². The highest BCUT2D eigenvalue weighted by molar-refractivity contribution is 6.33. The molecule has 0 aliphatic carbocycles. The Hall–Kier alpha value is -2.64. The molecule has 1 N–H and O–H groups in total. The molecule has 8 heteroatoms. The molecule has 4 rings (SSSR count). The van der Waals surface area contributed by atoms with E-state index in [1.54, 1.807) is 11.0 Å². The van der Waals surface area contributed by atoms with E-state index in [0.717, 1.165) is 25.9 Å². The van der Waals surface area contributed by atoms with Crippen LogP contribution in [-0.4, -0.2) is 63.2 Å². The smallest absolute Gasteiger partial charge is 0.258 e. The van der Waals surface area contributed by atoms with E-state index < -0.39 is 5.82 Å². The van der Waals surface area contributed by atoms with Crippen molar-refractivity contribution in [3.63, 3.8) is 0 Å². The number of methoxy groups -OCH3 is 1. The molecule has 2 aliphatic rings. The number of ether oxygens (including phenoxy) is 1. The van der Waals surface area contributed by atoms with Crippen LogP contribution in [0.1, 0.15) is 22.3 Å². The van der Waals surface area contributed by atoms with Crippen LogP contribution in [0.4, 0.5) is 10.1 Å². The molecule has 2 aliphatic heterocycles. The molecule has 2 unspecified atom stereocenters. The van der Waals surface area contributed by atoms with Crippen molar-refractivity contribution in [3.8, 4) is 0 Å². The average Bonchev–Trinajstić information content (AvgIpc) is 3.37. The number of likely N-dealkylation sites (tertiary alicyclic amines) is 1. The molecule has 0 radical (unpaired) electrons. The van der Waals surface area contributed by atoms with Crippen molar-refractivity contribution >= 4 is 29.1 Å². The SMILES string of the molecule is COCC(=O)NCCCc1cccc(N2CC3CN(C(=O)c4c(F)cccc4Cl)CC3C2)c1. The zero-order valence-corrected chi connectivity index (χ0v) is 19.5.